The standard InChI is InChI=1S/C16H31NO4/c1-9(2)12-13(10(3)4)15(19)17(14(12)18)7-11-8-20-16(5,6)21-11/h9-15,18-19H,7-8H2,1-6H3. The number of aliphatic hydroxyl groups excluding tert-OH is 2. The highest BCUT2D eigenvalue weighted by Crippen LogP contribution is 2.42. The lowest BCUT2D eigenvalue weighted by molar-refractivity contribution is -0.150. The highest BCUT2D eigenvalue weighted by atomic mass is 16.7. The Balaban J connectivity index is 2.09. The summed E-state index contributed by atoms with van der Waals surface area (Å²) in [6.45, 7) is 13.2. The number of nitrogens with zero attached hydrogens (tertiary/aromatic N) is 1. The number of hydrogen-bond donors (Lipinski definition) is 2. The van der Waals surface area contributed by atoms with Crippen LogP contribution in [0.2, 0.25) is 0 Å². The molecule has 0 aromatic rings. The summed E-state index contributed by atoms with van der Waals surface area (Å²) in [6.07, 6.45) is -1.36. The van der Waals surface area contributed by atoms with E-state index in [4.69, 9.17) is 9.47 Å². The van der Waals surface area contributed by atoms with Crippen molar-refractivity contribution in [3.8, 4) is 0 Å². The van der Waals surface area contributed by atoms with Gasteiger partial charge in [-0.3, -0.25) is 0 Å². The molecule has 5 heteroatoms. The zero-order chi connectivity index (χ0) is 15.9. The van der Waals surface area contributed by atoms with Crippen LogP contribution >= 0.6 is 0 Å². The number of rotatable bonds is 4. The molecule has 0 bridgehead atoms. The first-order chi connectivity index (χ1) is 9.64. The Labute approximate surface area is 128 Å². The third kappa shape index (κ3) is 3.42. The van der Waals surface area contributed by atoms with Crippen LogP contribution in [0, 0.1) is 23.7 Å². The van der Waals surface area contributed by atoms with Crippen molar-refractivity contribution in [1.29, 1.82) is 0 Å². The van der Waals surface area contributed by atoms with Crippen LogP contribution in [0.5, 0.6) is 0 Å². The first kappa shape index (κ1) is 17.2. The fraction of sp³-hybridized carbons (Fsp3) is 1.00. The minimum atomic E-state index is -0.625. The summed E-state index contributed by atoms with van der Waals surface area (Å²) in [4.78, 5) is 1.78. The van der Waals surface area contributed by atoms with Gasteiger partial charge in [0, 0.05) is 18.4 Å². The van der Waals surface area contributed by atoms with Gasteiger partial charge < -0.3 is 19.7 Å². The molecule has 2 rings (SSSR count). The van der Waals surface area contributed by atoms with Crippen molar-refractivity contribution in [3.05, 3.63) is 0 Å². The normalized spacial score (nSPS) is 40.6. The molecule has 2 saturated heterocycles. The van der Waals surface area contributed by atoms with E-state index in [1.165, 1.54) is 0 Å². The molecule has 2 heterocycles. The van der Waals surface area contributed by atoms with E-state index >= 15 is 0 Å². The van der Waals surface area contributed by atoms with Gasteiger partial charge >= 0.3 is 0 Å². The van der Waals surface area contributed by atoms with Crippen LogP contribution in [0.3, 0.4) is 0 Å². The molecule has 5 nitrogen and oxygen atoms in total. The third-order valence-corrected chi connectivity index (χ3v) is 4.83. The van der Waals surface area contributed by atoms with E-state index < -0.39 is 18.2 Å². The number of ether oxygens (including phenoxy) is 2. The van der Waals surface area contributed by atoms with Gasteiger partial charge in [-0.1, -0.05) is 27.7 Å². The van der Waals surface area contributed by atoms with Gasteiger partial charge in [0.2, 0.25) is 0 Å². The Kier molecular flexibility index (Phi) is 5.01. The van der Waals surface area contributed by atoms with Crippen LogP contribution < -0.4 is 0 Å². The molecule has 0 saturated carbocycles. The fourth-order valence-electron chi connectivity index (χ4n) is 3.88. The quantitative estimate of drug-likeness (QED) is 0.826. The van der Waals surface area contributed by atoms with Gasteiger partial charge in [0.15, 0.2) is 5.79 Å². The molecule has 0 aromatic carbocycles. The van der Waals surface area contributed by atoms with E-state index in [-0.39, 0.29) is 17.9 Å². The van der Waals surface area contributed by atoms with Crippen LogP contribution in [0.1, 0.15) is 41.5 Å². The molecule has 0 radical (unpaired) electrons. The maximum absolute atomic E-state index is 10.7. The minimum absolute atomic E-state index is 0.0790. The van der Waals surface area contributed by atoms with Crippen LogP contribution in [0.4, 0.5) is 0 Å². The van der Waals surface area contributed by atoms with E-state index in [0.29, 0.717) is 25.0 Å². The smallest absolute Gasteiger partial charge is 0.163 e. The first-order valence-corrected chi connectivity index (χ1v) is 8.07. The van der Waals surface area contributed by atoms with Gasteiger partial charge in [-0.2, -0.15) is 0 Å². The number of likely N-dealkylation sites (tertiary alicyclic amines) is 1. The van der Waals surface area contributed by atoms with Crippen LogP contribution in [0.15, 0.2) is 0 Å². The molecule has 2 fully saturated rings. The summed E-state index contributed by atoms with van der Waals surface area (Å²) in [5.74, 6) is 0.231. The van der Waals surface area contributed by atoms with Crippen LogP contribution in [0.25, 0.3) is 0 Å². The average Bonchev–Trinajstić information content (AvgIpc) is 2.80. The first-order valence-electron chi connectivity index (χ1n) is 8.07. The third-order valence-electron chi connectivity index (χ3n) is 4.83. The summed E-state index contributed by atoms with van der Waals surface area (Å²) in [6, 6.07) is 0. The van der Waals surface area contributed by atoms with Crippen molar-refractivity contribution in [3.63, 3.8) is 0 Å². The molecule has 0 spiro atoms. The molecular formula is C16H31NO4. The predicted molar refractivity (Wildman–Crippen MR) is 80.3 cm³/mol. The second-order valence-electron chi connectivity index (χ2n) is 7.62. The second kappa shape index (κ2) is 6.13. The van der Waals surface area contributed by atoms with Gasteiger partial charge in [-0.05, 0) is 25.7 Å². The van der Waals surface area contributed by atoms with Gasteiger partial charge in [-0.25, -0.2) is 4.90 Å². The second-order valence-corrected chi connectivity index (χ2v) is 7.62. The Morgan fingerprint density at radius 2 is 1.52 bits per heavy atom. The Morgan fingerprint density at radius 1 is 1.05 bits per heavy atom. The molecule has 21 heavy (non-hydrogen) atoms. The van der Waals surface area contributed by atoms with E-state index in [1.54, 1.807) is 4.90 Å². The highest BCUT2D eigenvalue weighted by Gasteiger charge is 2.50. The summed E-state index contributed by atoms with van der Waals surface area (Å²) >= 11 is 0. The zero-order valence-electron chi connectivity index (χ0n) is 14.1. The van der Waals surface area contributed by atoms with Crippen molar-refractivity contribution in [2.24, 2.45) is 23.7 Å². The van der Waals surface area contributed by atoms with Crippen molar-refractivity contribution >= 4 is 0 Å². The SMILES string of the molecule is CC(C)C1C(C(C)C)C(O)N(CC2COC(C)(C)O2)C1O. The molecular weight excluding hydrogens is 270 g/mol. The van der Waals surface area contributed by atoms with Crippen molar-refractivity contribution < 1.29 is 19.7 Å². The summed E-state index contributed by atoms with van der Waals surface area (Å²) in [7, 11) is 0. The number of aliphatic hydroxyl groups is 2. The maximum atomic E-state index is 10.7. The molecule has 2 aliphatic rings. The Bertz CT molecular complexity index is 338. The lowest BCUT2D eigenvalue weighted by Crippen LogP contribution is -2.44. The number of hydrogen-bond acceptors (Lipinski definition) is 5. The lowest BCUT2D eigenvalue weighted by atomic mass is 9.78. The van der Waals surface area contributed by atoms with E-state index in [0.717, 1.165) is 0 Å². The van der Waals surface area contributed by atoms with Crippen molar-refractivity contribution in [1.82, 2.24) is 4.90 Å². The maximum Gasteiger partial charge on any atom is 0.163 e. The van der Waals surface area contributed by atoms with Crippen molar-refractivity contribution in [2.45, 2.75) is 65.9 Å². The largest absolute Gasteiger partial charge is 0.378 e. The fourth-order valence-corrected chi connectivity index (χ4v) is 3.88. The Morgan fingerprint density at radius 3 is 1.86 bits per heavy atom. The predicted octanol–water partition coefficient (Wildman–Crippen LogP) is 1.63. The molecule has 5 atom stereocenters. The molecule has 0 aliphatic carbocycles. The van der Waals surface area contributed by atoms with Crippen LogP contribution in [-0.4, -0.2) is 52.6 Å². The summed E-state index contributed by atoms with van der Waals surface area (Å²) in [5, 5.41) is 21.3. The van der Waals surface area contributed by atoms with E-state index in [9.17, 15) is 10.2 Å². The molecule has 2 N–H and O–H groups in total. The van der Waals surface area contributed by atoms with Crippen molar-refractivity contribution in [2.75, 3.05) is 13.2 Å². The van der Waals surface area contributed by atoms with E-state index in [2.05, 4.69) is 27.7 Å². The lowest BCUT2D eigenvalue weighted by Gasteiger charge is -2.28. The minimum Gasteiger partial charge on any atom is -0.378 e. The molecule has 2 aliphatic heterocycles. The topological polar surface area (TPSA) is 62.2 Å². The van der Waals surface area contributed by atoms with Gasteiger partial charge in [-0.15, -0.1) is 0 Å². The summed E-state index contributed by atoms with van der Waals surface area (Å²) in [5.41, 5.74) is 0. The van der Waals surface area contributed by atoms with E-state index in [1.807, 2.05) is 13.8 Å². The highest BCUT2D eigenvalue weighted by molar-refractivity contribution is 4.94. The molecule has 0 amide bonds. The zero-order valence-corrected chi connectivity index (χ0v) is 14.1. The summed E-state index contributed by atoms with van der Waals surface area (Å²) < 4.78 is 11.4. The van der Waals surface area contributed by atoms with Crippen LogP contribution in [-0.2, 0) is 9.47 Å². The van der Waals surface area contributed by atoms with Gasteiger partial charge in [0.05, 0.1) is 12.7 Å². The molecule has 0 aromatic heterocycles. The monoisotopic (exact) mass is 301 g/mol. The van der Waals surface area contributed by atoms with Gasteiger partial charge in [0.1, 0.15) is 12.5 Å². The average molecular weight is 301 g/mol. The van der Waals surface area contributed by atoms with Gasteiger partial charge in [0.25, 0.3) is 0 Å². The molecule has 124 valence electrons. The molecule has 5 unspecified atom stereocenters. The Hall–Kier alpha value is -0.200.